The highest BCUT2D eigenvalue weighted by molar-refractivity contribution is 5.92. The molecule has 0 radical (unpaired) electrons. The van der Waals surface area contributed by atoms with Gasteiger partial charge in [0, 0.05) is 51.0 Å². The first-order chi connectivity index (χ1) is 22.4. The molecular formula is C30H36F8N8O2. The Labute approximate surface area is 270 Å². The van der Waals surface area contributed by atoms with E-state index in [2.05, 4.69) is 25.8 Å². The predicted octanol–water partition coefficient (Wildman–Crippen LogP) is 5.09. The molecule has 2 fully saturated rings. The standard InChI is InChI=1S/C30H36F8N8O2/c1-3-45-23(6-9-40-45)27(48)42-25(17-4-7-28(31,32)8-5-17)22-15-46-24(41-22)12-19(14-44(2)16-29(33,34)35)21(43-46)11-18-10-20(30(36,37)38)13-39-26(18)47/h6,9,12,15,17-18,20,25H,3-5,7-8,10-11,13-14,16H2,1-2H3,(H,39,47)(H,42,48)/t18-,20-,25+/m1/s1. The van der Waals surface area contributed by atoms with Crippen LogP contribution in [-0.2, 0) is 24.3 Å². The molecule has 0 bridgehead atoms. The maximum atomic E-state index is 14.1. The monoisotopic (exact) mass is 692 g/mol. The van der Waals surface area contributed by atoms with Crippen molar-refractivity contribution >= 4 is 17.5 Å². The maximum absolute atomic E-state index is 14.1. The second-order valence-electron chi connectivity index (χ2n) is 12.7. The van der Waals surface area contributed by atoms with Crippen molar-refractivity contribution in [1.29, 1.82) is 0 Å². The molecule has 1 saturated carbocycles. The minimum Gasteiger partial charge on any atom is -0.355 e. The van der Waals surface area contributed by atoms with E-state index in [1.54, 1.807) is 6.92 Å². The van der Waals surface area contributed by atoms with Crippen molar-refractivity contribution in [2.24, 2.45) is 17.8 Å². The van der Waals surface area contributed by atoms with E-state index in [4.69, 9.17) is 0 Å². The van der Waals surface area contributed by atoms with Gasteiger partial charge in [-0.2, -0.15) is 36.5 Å². The van der Waals surface area contributed by atoms with Gasteiger partial charge in [0.1, 0.15) is 5.69 Å². The first kappa shape index (κ1) is 35.5. The fourth-order valence-corrected chi connectivity index (χ4v) is 6.51. The van der Waals surface area contributed by atoms with Crippen LogP contribution in [0, 0.1) is 17.8 Å². The third kappa shape index (κ3) is 8.41. The summed E-state index contributed by atoms with van der Waals surface area (Å²) in [6.45, 7) is 0.0183. The number of aryl methyl sites for hydroxylation is 1. The highest BCUT2D eigenvalue weighted by Crippen LogP contribution is 2.41. The Balaban J connectivity index is 1.51. The maximum Gasteiger partial charge on any atom is 0.401 e. The lowest BCUT2D eigenvalue weighted by atomic mass is 9.81. The summed E-state index contributed by atoms with van der Waals surface area (Å²) >= 11 is 0. The van der Waals surface area contributed by atoms with Gasteiger partial charge in [-0.3, -0.25) is 19.2 Å². The SMILES string of the molecule is CCn1nccc1C(=O)N[C@H](c1cn2nc(C[C@H]3C[C@@H](C(F)(F)F)CNC3=O)c(CN(C)CC(F)(F)F)cc2n1)C1CCC(F)(F)CC1. The fourth-order valence-electron chi connectivity index (χ4n) is 6.51. The van der Waals surface area contributed by atoms with Crippen LogP contribution in [0.4, 0.5) is 35.1 Å². The number of nitrogens with zero attached hydrogens (tertiary/aromatic N) is 6. The molecule has 48 heavy (non-hydrogen) atoms. The van der Waals surface area contributed by atoms with Crippen molar-refractivity contribution in [2.45, 2.75) is 82.9 Å². The Morgan fingerprint density at radius 1 is 1.19 bits per heavy atom. The van der Waals surface area contributed by atoms with Crippen LogP contribution in [0.15, 0.2) is 24.5 Å². The van der Waals surface area contributed by atoms with Crippen LogP contribution < -0.4 is 10.6 Å². The molecule has 2 amide bonds. The largest absolute Gasteiger partial charge is 0.401 e. The third-order valence-corrected chi connectivity index (χ3v) is 8.98. The van der Waals surface area contributed by atoms with E-state index >= 15 is 0 Å². The number of nitrogens with one attached hydrogen (secondary N) is 2. The summed E-state index contributed by atoms with van der Waals surface area (Å²) in [7, 11) is 1.22. The number of carbonyl (C=O) groups is 2. The van der Waals surface area contributed by atoms with E-state index in [-0.39, 0.29) is 54.1 Å². The van der Waals surface area contributed by atoms with Gasteiger partial charge in [0.15, 0.2) is 5.65 Å². The van der Waals surface area contributed by atoms with Gasteiger partial charge in [0.05, 0.1) is 36.1 Å². The Kier molecular flexibility index (Phi) is 10.0. The lowest BCUT2D eigenvalue weighted by molar-refractivity contribution is -0.183. The van der Waals surface area contributed by atoms with Gasteiger partial charge in [0.2, 0.25) is 11.8 Å². The van der Waals surface area contributed by atoms with Crippen molar-refractivity contribution in [2.75, 3.05) is 20.1 Å². The zero-order valence-corrected chi connectivity index (χ0v) is 26.2. The molecule has 3 aromatic rings. The van der Waals surface area contributed by atoms with Crippen LogP contribution in [-0.4, -0.2) is 79.5 Å². The van der Waals surface area contributed by atoms with E-state index in [1.807, 2.05) is 0 Å². The quantitative estimate of drug-likeness (QED) is 0.287. The van der Waals surface area contributed by atoms with E-state index < -0.39 is 86.2 Å². The molecule has 1 aliphatic carbocycles. The molecule has 264 valence electrons. The Hall–Kier alpha value is -3.83. The summed E-state index contributed by atoms with van der Waals surface area (Å²) in [6, 6.07) is 2.10. The van der Waals surface area contributed by atoms with Gasteiger partial charge in [-0.05, 0) is 56.8 Å². The fraction of sp³-hybridized carbons (Fsp3) is 0.633. The zero-order chi connectivity index (χ0) is 35.0. The number of aromatic nitrogens is 5. The van der Waals surface area contributed by atoms with Crippen LogP contribution in [0.5, 0.6) is 0 Å². The molecule has 1 aliphatic heterocycles. The molecule has 4 heterocycles. The number of hydrogen-bond acceptors (Lipinski definition) is 6. The molecule has 2 N–H and O–H groups in total. The number of halogens is 8. The molecule has 0 spiro atoms. The average Bonchev–Trinajstić information content (AvgIpc) is 3.62. The molecule has 10 nitrogen and oxygen atoms in total. The lowest BCUT2D eigenvalue weighted by Gasteiger charge is -2.33. The van der Waals surface area contributed by atoms with Crippen molar-refractivity contribution in [3.8, 4) is 0 Å². The van der Waals surface area contributed by atoms with Crippen LogP contribution in [0.1, 0.15) is 72.5 Å². The van der Waals surface area contributed by atoms with Gasteiger partial charge in [-0.25, -0.2) is 18.3 Å². The number of piperidine rings is 1. The second kappa shape index (κ2) is 13.6. The van der Waals surface area contributed by atoms with Crippen LogP contribution in [0.2, 0.25) is 0 Å². The summed E-state index contributed by atoms with van der Waals surface area (Å²) in [5.74, 6) is -7.38. The lowest BCUT2D eigenvalue weighted by Crippen LogP contribution is -2.47. The summed E-state index contributed by atoms with van der Waals surface area (Å²) in [6.07, 6.45) is -7.64. The van der Waals surface area contributed by atoms with Crippen LogP contribution in [0.25, 0.3) is 5.65 Å². The average molecular weight is 693 g/mol. The summed E-state index contributed by atoms with van der Waals surface area (Å²) in [4.78, 5) is 31.6. The first-order valence-corrected chi connectivity index (χ1v) is 15.6. The molecule has 18 heteroatoms. The molecule has 3 aromatic heterocycles. The van der Waals surface area contributed by atoms with Gasteiger partial charge in [0.25, 0.3) is 5.91 Å². The Bertz CT molecular complexity index is 1610. The summed E-state index contributed by atoms with van der Waals surface area (Å²) < 4.78 is 111. The molecule has 0 aromatic carbocycles. The number of fused-ring (bicyclic) bond motifs is 1. The molecule has 5 rings (SSSR count). The number of amides is 2. The molecule has 1 saturated heterocycles. The van der Waals surface area contributed by atoms with Crippen molar-refractivity contribution in [3.63, 3.8) is 0 Å². The van der Waals surface area contributed by atoms with E-state index in [9.17, 15) is 44.7 Å². The van der Waals surface area contributed by atoms with Gasteiger partial charge in [-0.15, -0.1) is 0 Å². The van der Waals surface area contributed by atoms with E-state index in [0.717, 1.165) is 4.90 Å². The highest BCUT2D eigenvalue weighted by atomic mass is 19.4. The van der Waals surface area contributed by atoms with E-state index in [0.29, 0.717) is 6.54 Å². The second-order valence-corrected chi connectivity index (χ2v) is 12.7. The topological polar surface area (TPSA) is 109 Å². The minimum absolute atomic E-state index is 0.0716. The highest BCUT2D eigenvalue weighted by Gasteiger charge is 2.45. The normalized spacial score (nSPS) is 21.4. The molecule has 0 unspecified atom stereocenters. The summed E-state index contributed by atoms with van der Waals surface area (Å²) in [5.41, 5.74) is 0.981. The van der Waals surface area contributed by atoms with Crippen LogP contribution in [0.3, 0.4) is 0 Å². The predicted molar refractivity (Wildman–Crippen MR) is 155 cm³/mol. The van der Waals surface area contributed by atoms with Crippen molar-refractivity contribution in [1.82, 2.24) is 39.9 Å². The molecular weight excluding hydrogens is 656 g/mol. The number of alkyl halides is 8. The van der Waals surface area contributed by atoms with Crippen molar-refractivity contribution < 1.29 is 44.7 Å². The Morgan fingerprint density at radius 3 is 2.54 bits per heavy atom. The third-order valence-electron chi connectivity index (χ3n) is 8.98. The minimum atomic E-state index is -4.56. The number of hydrogen-bond donors (Lipinski definition) is 2. The van der Waals surface area contributed by atoms with Gasteiger partial charge in [-0.1, -0.05) is 0 Å². The molecule has 2 aliphatic rings. The van der Waals surface area contributed by atoms with Gasteiger partial charge >= 0.3 is 12.4 Å². The zero-order valence-electron chi connectivity index (χ0n) is 26.2. The number of carbonyl (C=O) groups excluding carboxylic acids is 2. The smallest absolute Gasteiger partial charge is 0.355 e. The van der Waals surface area contributed by atoms with E-state index in [1.165, 1.54) is 40.8 Å². The van der Waals surface area contributed by atoms with Crippen LogP contribution >= 0.6 is 0 Å². The summed E-state index contributed by atoms with van der Waals surface area (Å²) in [5, 5.41) is 13.8. The Morgan fingerprint density at radius 2 is 1.90 bits per heavy atom. The van der Waals surface area contributed by atoms with Crippen molar-refractivity contribution in [3.05, 3.63) is 47.2 Å². The molecule has 3 atom stereocenters. The van der Waals surface area contributed by atoms with Gasteiger partial charge < -0.3 is 10.6 Å². The first-order valence-electron chi connectivity index (χ1n) is 15.6. The number of rotatable bonds is 10. The number of imidazole rings is 1.